The lowest BCUT2D eigenvalue weighted by Gasteiger charge is -2.24. The zero-order valence-corrected chi connectivity index (χ0v) is 16.5. The minimum atomic E-state index is -0.197. The molecule has 0 radical (unpaired) electrons. The van der Waals surface area contributed by atoms with E-state index < -0.39 is 0 Å². The van der Waals surface area contributed by atoms with Crippen molar-refractivity contribution in [1.82, 2.24) is 4.98 Å². The molecular weight excluding hydrogens is 336 g/mol. The van der Waals surface area contributed by atoms with E-state index in [-0.39, 0.29) is 5.97 Å². The molecule has 0 spiro atoms. The zero-order valence-electron chi connectivity index (χ0n) is 16.5. The Kier molecular flexibility index (Phi) is 6.28. The first kappa shape index (κ1) is 19.2. The van der Waals surface area contributed by atoms with Crippen molar-refractivity contribution in [3.63, 3.8) is 0 Å². The van der Waals surface area contributed by atoms with Crippen LogP contribution in [0, 0.1) is 6.92 Å². The fraction of sp³-hybridized carbons (Fsp3) is 0.391. The molecule has 1 saturated heterocycles. The zero-order chi connectivity index (χ0) is 19.2. The monoisotopic (exact) mass is 364 g/mol. The summed E-state index contributed by atoms with van der Waals surface area (Å²) < 4.78 is 4.85. The highest BCUT2D eigenvalue weighted by molar-refractivity contribution is 5.76. The Balaban J connectivity index is 2.09. The Morgan fingerprint density at radius 3 is 2.56 bits per heavy atom. The molecule has 3 rings (SSSR count). The predicted molar refractivity (Wildman–Crippen MR) is 111 cm³/mol. The molecule has 0 N–H and O–H groups in total. The van der Waals surface area contributed by atoms with Gasteiger partial charge in [0.2, 0.25) is 0 Å². The number of benzene rings is 1. The molecule has 1 aromatic heterocycles. The number of rotatable bonds is 6. The molecule has 0 bridgehead atoms. The molecule has 0 atom stereocenters. The lowest BCUT2D eigenvalue weighted by molar-refractivity contribution is -0.140. The molecule has 0 aliphatic carbocycles. The van der Waals surface area contributed by atoms with E-state index in [1.54, 1.807) is 0 Å². The summed E-state index contributed by atoms with van der Waals surface area (Å²) in [6.45, 7) is 6.21. The molecule has 27 heavy (non-hydrogen) atoms. The molecule has 2 aromatic rings. The molecule has 2 heterocycles. The summed E-state index contributed by atoms with van der Waals surface area (Å²) in [7, 11) is 1.44. The predicted octanol–water partition coefficient (Wildman–Crippen LogP) is 4.80. The molecule has 142 valence electrons. The van der Waals surface area contributed by atoms with Crippen molar-refractivity contribution in [1.29, 1.82) is 0 Å². The Hall–Kier alpha value is -2.62. The summed E-state index contributed by atoms with van der Waals surface area (Å²) in [5.41, 5.74) is 6.60. The second-order valence-electron chi connectivity index (χ2n) is 7.03. The molecule has 1 aliphatic heterocycles. The van der Waals surface area contributed by atoms with Crippen molar-refractivity contribution >= 4 is 17.7 Å². The van der Waals surface area contributed by atoms with Crippen LogP contribution in [0.5, 0.6) is 0 Å². The van der Waals surface area contributed by atoms with Gasteiger partial charge >= 0.3 is 5.97 Å². The van der Waals surface area contributed by atoms with Crippen LogP contribution in [-0.4, -0.2) is 31.2 Å². The molecule has 0 saturated carbocycles. The van der Waals surface area contributed by atoms with Crippen LogP contribution in [-0.2, 0) is 16.0 Å². The number of nitrogens with zero attached hydrogens (tertiary/aromatic N) is 2. The number of carbonyl (C=O) groups is 1. The van der Waals surface area contributed by atoms with Gasteiger partial charge in [-0.05, 0) is 32.8 Å². The van der Waals surface area contributed by atoms with E-state index in [1.165, 1.54) is 36.8 Å². The van der Waals surface area contributed by atoms with Gasteiger partial charge < -0.3 is 9.64 Å². The van der Waals surface area contributed by atoms with Gasteiger partial charge in [0.25, 0.3) is 0 Å². The third-order valence-electron chi connectivity index (χ3n) is 5.00. The third-order valence-corrected chi connectivity index (χ3v) is 5.00. The molecule has 1 fully saturated rings. The SMILES string of the molecule is C/C=C/c1cc(-c2ccc(C)cc2)nc(CCC(=O)OC)c1N1CCCC1. The number of aryl methyl sites for hydroxylation is 2. The van der Waals surface area contributed by atoms with Crippen LogP contribution in [0.2, 0.25) is 0 Å². The molecule has 1 aromatic carbocycles. The second-order valence-corrected chi connectivity index (χ2v) is 7.03. The summed E-state index contributed by atoms with van der Waals surface area (Å²) in [5, 5.41) is 0. The van der Waals surface area contributed by atoms with E-state index in [0.717, 1.165) is 30.0 Å². The van der Waals surface area contributed by atoms with Gasteiger partial charge in [-0.1, -0.05) is 42.0 Å². The first-order chi connectivity index (χ1) is 13.1. The number of hydrogen-bond acceptors (Lipinski definition) is 4. The number of ether oxygens (including phenoxy) is 1. The number of aromatic nitrogens is 1. The lowest BCUT2D eigenvalue weighted by atomic mass is 10.0. The highest BCUT2D eigenvalue weighted by Gasteiger charge is 2.21. The number of anilines is 1. The molecule has 4 nitrogen and oxygen atoms in total. The first-order valence-corrected chi connectivity index (χ1v) is 9.67. The van der Waals surface area contributed by atoms with Gasteiger partial charge in [0.15, 0.2) is 0 Å². The van der Waals surface area contributed by atoms with Gasteiger partial charge in [-0.25, -0.2) is 0 Å². The number of allylic oxidation sites excluding steroid dienone is 1. The van der Waals surface area contributed by atoms with E-state index in [4.69, 9.17) is 9.72 Å². The minimum absolute atomic E-state index is 0.197. The van der Waals surface area contributed by atoms with Crippen LogP contribution in [0.15, 0.2) is 36.4 Å². The van der Waals surface area contributed by atoms with Crippen LogP contribution >= 0.6 is 0 Å². The standard InChI is InChI=1S/C23H28N2O2/c1-4-7-19-16-21(18-10-8-17(2)9-11-18)24-20(12-13-22(26)27-3)23(19)25-14-5-6-15-25/h4,7-11,16H,5-6,12-15H2,1-3H3/b7-4+. The average molecular weight is 364 g/mol. The summed E-state index contributed by atoms with van der Waals surface area (Å²) in [4.78, 5) is 19.1. The van der Waals surface area contributed by atoms with Crippen molar-refractivity contribution in [2.24, 2.45) is 0 Å². The number of esters is 1. The van der Waals surface area contributed by atoms with Crippen molar-refractivity contribution in [3.8, 4) is 11.3 Å². The van der Waals surface area contributed by atoms with E-state index >= 15 is 0 Å². The van der Waals surface area contributed by atoms with Crippen LogP contribution < -0.4 is 4.90 Å². The van der Waals surface area contributed by atoms with Crippen molar-refractivity contribution in [2.45, 2.75) is 39.5 Å². The molecule has 0 amide bonds. The topological polar surface area (TPSA) is 42.4 Å². The summed E-state index contributed by atoms with van der Waals surface area (Å²) in [6, 6.07) is 10.6. The quantitative estimate of drug-likeness (QED) is 0.691. The summed E-state index contributed by atoms with van der Waals surface area (Å²) in [6.07, 6.45) is 7.54. The Bertz CT molecular complexity index is 819. The van der Waals surface area contributed by atoms with Gasteiger partial charge in [0.05, 0.1) is 30.6 Å². The van der Waals surface area contributed by atoms with Gasteiger partial charge in [-0.3, -0.25) is 9.78 Å². The van der Waals surface area contributed by atoms with E-state index in [9.17, 15) is 4.79 Å². The van der Waals surface area contributed by atoms with Crippen molar-refractivity contribution < 1.29 is 9.53 Å². The molecule has 1 aliphatic rings. The Morgan fingerprint density at radius 2 is 1.93 bits per heavy atom. The number of hydrogen-bond donors (Lipinski definition) is 0. The number of pyridine rings is 1. The second kappa shape index (κ2) is 8.85. The van der Waals surface area contributed by atoms with Gasteiger partial charge in [-0.15, -0.1) is 0 Å². The van der Waals surface area contributed by atoms with Gasteiger partial charge in [0, 0.05) is 30.6 Å². The van der Waals surface area contributed by atoms with Crippen molar-refractivity contribution in [2.75, 3.05) is 25.1 Å². The largest absolute Gasteiger partial charge is 0.469 e. The summed E-state index contributed by atoms with van der Waals surface area (Å²) >= 11 is 0. The average Bonchev–Trinajstić information content (AvgIpc) is 3.20. The smallest absolute Gasteiger partial charge is 0.305 e. The van der Waals surface area contributed by atoms with E-state index in [1.807, 2.05) is 6.92 Å². The maximum atomic E-state index is 11.7. The lowest BCUT2D eigenvalue weighted by Crippen LogP contribution is -2.22. The van der Waals surface area contributed by atoms with Crippen LogP contribution in [0.3, 0.4) is 0 Å². The van der Waals surface area contributed by atoms with E-state index in [2.05, 4.69) is 54.3 Å². The first-order valence-electron chi connectivity index (χ1n) is 9.67. The van der Waals surface area contributed by atoms with Gasteiger partial charge in [-0.2, -0.15) is 0 Å². The van der Waals surface area contributed by atoms with Crippen LogP contribution in [0.1, 0.15) is 43.0 Å². The van der Waals surface area contributed by atoms with Gasteiger partial charge in [0.1, 0.15) is 0 Å². The third kappa shape index (κ3) is 4.57. The number of methoxy groups -OCH3 is 1. The molecule has 4 heteroatoms. The summed E-state index contributed by atoms with van der Waals surface area (Å²) in [5.74, 6) is -0.197. The van der Waals surface area contributed by atoms with Crippen LogP contribution in [0.25, 0.3) is 17.3 Å². The van der Waals surface area contributed by atoms with Crippen LogP contribution in [0.4, 0.5) is 5.69 Å². The number of carbonyl (C=O) groups excluding carboxylic acids is 1. The normalized spacial score (nSPS) is 14.1. The Morgan fingerprint density at radius 1 is 1.22 bits per heavy atom. The fourth-order valence-electron chi connectivity index (χ4n) is 3.59. The van der Waals surface area contributed by atoms with E-state index in [0.29, 0.717) is 12.8 Å². The Labute approximate surface area is 161 Å². The van der Waals surface area contributed by atoms with Crippen molar-refractivity contribution in [3.05, 3.63) is 53.2 Å². The highest BCUT2D eigenvalue weighted by Crippen LogP contribution is 2.33. The maximum absolute atomic E-state index is 11.7. The molecular formula is C23H28N2O2. The minimum Gasteiger partial charge on any atom is -0.469 e. The highest BCUT2D eigenvalue weighted by atomic mass is 16.5. The molecule has 0 unspecified atom stereocenters. The fourth-order valence-corrected chi connectivity index (χ4v) is 3.59. The maximum Gasteiger partial charge on any atom is 0.305 e.